The van der Waals surface area contributed by atoms with Crippen LogP contribution < -0.4 is 0 Å². The van der Waals surface area contributed by atoms with E-state index in [0.29, 0.717) is 18.5 Å². The minimum Gasteiger partial charge on any atom is -0.393 e. The Balaban J connectivity index is 1.59. The van der Waals surface area contributed by atoms with Crippen LogP contribution in [0.25, 0.3) is 0 Å². The minimum absolute atomic E-state index is 0.00324. The van der Waals surface area contributed by atoms with E-state index in [-0.39, 0.29) is 29.8 Å². The lowest BCUT2D eigenvalue weighted by Gasteiger charge is -2.31. The Morgan fingerprint density at radius 3 is 2.74 bits per heavy atom. The lowest BCUT2D eigenvalue weighted by atomic mass is 9.86. The fraction of sp³-hybridized carbons (Fsp3) is 0.611. The molecule has 0 aliphatic heterocycles. The van der Waals surface area contributed by atoms with E-state index < -0.39 is 11.6 Å². The Kier molecular flexibility index (Phi) is 4.67. The zero-order chi connectivity index (χ0) is 16.6. The van der Waals surface area contributed by atoms with Crippen LogP contribution in [-0.2, 0) is 4.79 Å². The fourth-order valence-electron chi connectivity index (χ4n) is 3.74. The Bertz CT molecular complexity index is 592. The summed E-state index contributed by atoms with van der Waals surface area (Å²) in [4.78, 5) is 14.2. The van der Waals surface area contributed by atoms with Gasteiger partial charge in [0.2, 0.25) is 5.91 Å². The molecule has 1 aromatic carbocycles. The van der Waals surface area contributed by atoms with Crippen molar-refractivity contribution in [2.75, 3.05) is 13.6 Å². The van der Waals surface area contributed by atoms with Crippen molar-refractivity contribution in [1.82, 2.24) is 4.90 Å². The Hall–Kier alpha value is -1.49. The van der Waals surface area contributed by atoms with Gasteiger partial charge >= 0.3 is 0 Å². The maximum Gasteiger partial charge on any atom is 0.226 e. The van der Waals surface area contributed by atoms with Gasteiger partial charge in [-0.15, -0.1) is 0 Å². The molecule has 0 spiro atoms. The van der Waals surface area contributed by atoms with Crippen LogP contribution in [0.4, 0.5) is 8.78 Å². The number of aliphatic hydroxyl groups excluding tert-OH is 1. The van der Waals surface area contributed by atoms with E-state index in [0.717, 1.165) is 31.7 Å². The van der Waals surface area contributed by atoms with Crippen LogP contribution in [0, 0.1) is 23.5 Å². The summed E-state index contributed by atoms with van der Waals surface area (Å²) in [5, 5.41) is 10.0. The van der Waals surface area contributed by atoms with Crippen molar-refractivity contribution < 1.29 is 18.7 Å². The lowest BCUT2D eigenvalue weighted by molar-refractivity contribution is -0.132. The molecule has 126 valence electrons. The average Bonchev–Trinajstić information content (AvgIpc) is 3.29. The predicted molar refractivity (Wildman–Crippen MR) is 82.8 cm³/mol. The fourth-order valence-corrected chi connectivity index (χ4v) is 3.74. The normalized spacial score (nSPS) is 30.1. The molecule has 1 amide bonds. The summed E-state index contributed by atoms with van der Waals surface area (Å²) in [6.07, 6.45) is 4.17. The molecule has 3 nitrogen and oxygen atoms in total. The van der Waals surface area contributed by atoms with Crippen molar-refractivity contribution in [1.29, 1.82) is 0 Å². The highest BCUT2D eigenvalue weighted by molar-refractivity contribution is 5.82. The van der Waals surface area contributed by atoms with Gasteiger partial charge in [0.25, 0.3) is 0 Å². The van der Waals surface area contributed by atoms with Gasteiger partial charge in [0.1, 0.15) is 11.6 Å². The molecule has 2 fully saturated rings. The van der Waals surface area contributed by atoms with Crippen LogP contribution >= 0.6 is 0 Å². The van der Waals surface area contributed by atoms with Gasteiger partial charge in [0.05, 0.1) is 6.10 Å². The molecule has 2 saturated carbocycles. The number of benzene rings is 1. The molecule has 0 saturated heterocycles. The summed E-state index contributed by atoms with van der Waals surface area (Å²) in [5.41, 5.74) is 0.427. The summed E-state index contributed by atoms with van der Waals surface area (Å²) in [6.45, 7) is 0.551. The number of rotatable bonds is 4. The van der Waals surface area contributed by atoms with Crippen molar-refractivity contribution in [3.63, 3.8) is 0 Å². The quantitative estimate of drug-likeness (QED) is 0.925. The highest BCUT2D eigenvalue weighted by Gasteiger charge is 2.46. The number of aliphatic hydroxyl groups is 1. The van der Waals surface area contributed by atoms with Gasteiger partial charge in [-0.25, -0.2) is 8.78 Å². The van der Waals surface area contributed by atoms with E-state index in [1.807, 2.05) is 0 Å². The Morgan fingerprint density at radius 1 is 1.30 bits per heavy atom. The minimum atomic E-state index is -0.599. The second-order valence-corrected chi connectivity index (χ2v) is 6.95. The van der Waals surface area contributed by atoms with Crippen molar-refractivity contribution in [3.05, 3.63) is 35.4 Å². The summed E-state index contributed by atoms with van der Waals surface area (Å²) in [6, 6.07) is 3.55. The molecule has 0 aromatic heterocycles. The highest BCUT2D eigenvalue weighted by atomic mass is 19.1. The molecule has 0 heterocycles. The summed E-state index contributed by atoms with van der Waals surface area (Å²) >= 11 is 0. The van der Waals surface area contributed by atoms with Crippen molar-refractivity contribution in [3.8, 4) is 0 Å². The number of carbonyl (C=O) groups is 1. The number of amides is 1. The number of hydrogen-bond acceptors (Lipinski definition) is 2. The van der Waals surface area contributed by atoms with Gasteiger partial charge in [0, 0.05) is 31.5 Å². The van der Waals surface area contributed by atoms with Crippen LogP contribution in [-0.4, -0.2) is 35.6 Å². The molecule has 2 aliphatic carbocycles. The molecule has 1 aromatic rings. The first-order valence-corrected chi connectivity index (χ1v) is 8.35. The standard InChI is InChI=1S/C18H23F2NO2/c1-21(10-11-4-2-3-5-17(11)22)18(23)15-9-14(15)13-7-6-12(19)8-16(13)20/h6-8,11,14-15,17,22H,2-5,9-10H2,1H3. The zero-order valence-electron chi connectivity index (χ0n) is 13.3. The van der Waals surface area contributed by atoms with Crippen LogP contribution in [0.15, 0.2) is 18.2 Å². The number of nitrogens with zero attached hydrogens (tertiary/aromatic N) is 1. The van der Waals surface area contributed by atoms with Gasteiger partial charge in [-0.1, -0.05) is 18.9 Å². The molecule has 2 aliphatic rings. The van der Waals surface area contributed by atoms with E-state index in [4.69, 9.17) is 0 Å². The average molecular weight is 323 g/mol. The van der Waals surface area contributed by atoms with Crippen molar-refractivity contribution in [2.45, 2.75) is 44.1 Å². The Morgan fingerprint density at radius 2 is 2.04 bits per heavy atom. The summed E-state index contributed by atoms with van der Waals surface area (Å²) in [7, 11) is 1.75. The van der Waals surface area contributed by atoms with E-state index in [1.165, 1.54) is 12.1 Å². The molecule has 1 N–H and O–H groups in total. The molecular weight excluding hydrogens is 300 g/mol. The largest absolute Gasteiger partial charge is 0.393 e. The van der Waals surface area contributed by atoms with E-state index in [1.54, 1.807) is 11.9 Å². The number of hydrogen-bond donors (Lipinski definition) is 1. The highest BCUT2D eigenvalue weighted by Crippen LogP contribution is 2.49. The monoisotopic (exact) mass is 323 g/mol. The van der Waals surface area contributed by atoms with Gasteiger partial charge in [-0.3, -0.25) is 4.79 Å². The van der Waals surface area contributed by atoms with E-state index in [9.17, 15) is 18.7 Å². The predicted octanol–water partition coefficient (Wildman–Crippen LogP) is 3.08. The van der Waals surface area contributed by atoms with Gasteiger partial charge < -0.3 is 10.0 Å². The molecule has 3 rings (SSSR count). The third kappa shape index (κ3) is 3.55. The summed E-state index contributed by atoms with van der Waals surface area (Å²) in [5.74, 6) is -1.41. The molecule has 4 atom stereocenters. The maximum absolute atomic E-state index is 13.8. The molecule has 0 radical (unpaired) electrons. The van der Waals surface area contributed by atoms with Gasteiger partial charge in [-0.2, -0.15) is 0 Å². The van der Waals surface area contributed by atoms with Crippen LogP contribution in [0.5, 0.6) is 0 Å². The maximum atomic E-state index is 13.8. The van der Waals surface area contributed by atoms with E-state index in [2.05, 4.69) is 0 Å². The van der Waals surface area contributed by atoms with Crippen LogP contribution in [0.3, 0.4) is 0 Å². The lowest BCUT2D eigenvalue weighted by Crippen LogP contribution is -2.38. The van der Waals surface area contributed by atoms with Crippen molar-refractivity contribution >= 4 is 5.91 Å². The van der Waals surface area contributed by atoms with Gasteiger partial charge in [0.15, 0.2) is 0 Å². The number of carbonyl (C=O) groups excluding carboxylic acids is 1. The molecule has 23 heavy (non-hydrogen) atoms. The molecule has 4 unspecified atom stereocenters. The molecule has 5 heteroatoms. The summed E-state index contributed by atoms with van der Waals surface area (Å²) < 4.78 is 26.8. The van der Waals surface area contributed by atoms with E-state index >= 15 is 0 Å². The third-order valence-electron chi connectivity index (χ3n) is 5.22. The topological polar surface area (TPSA) is 40.5 Å². The SMILES string of the molecule is CN(CC1CCCCC1O)C(=O)C1CC1c1ccc(F)cc1F. The Labute approximate surface area is 135 Å². The van der Waals surface area contributed by atoms with Gasteiger partial charge in [-0.05, 0) is 36.8 Å². The smallest absolute Gasteiger partial charge is 0.226 e. The third-order valence-corrected chi connectivity index (χ3v) is 5.22. The molecular formula is C18H23F2NO2. The second-order valence-electron chi connectivity index (χ2n) is 6.95. The zero-order valence-corrected chi connectivity index (χ0v) is 13.3. The second kappa shape index (κ2) is 6.56. The van der Waals surface area contributed by atoms with Crippen LogP contribution in [0.2, 0.25) is 0 Å². The number of halogens is 2. The molecule has 0 bridgehead atoms. The first kappa shape index (κ1) is 16.4. The first-order chi connectivity index (χ1) is 11.0. The van der Waals surface area contributed by atoms with Crippen molar-refractivity contribution in [2.24, 2.45) is 11.8 Å². The first-order valence-electron chi connectivity index (χ1n) is 8.35. The van der Waals surface area contributed by atoms with Crippen LogP contribution in [0.1, 0.15) is 43.6 Å².